The monoisotopic (exact) mass is 313 g/mol. The molecule has 2 unspecified atom stereocenters. The zero-order chi connectivity index (χ0) is 9.36. The van der Waals surface area contributed by atoms with Crippen molar-refractivity contribution in [2.75, 3.05) is 13.1 Å². The second kappa shape index (κ2) is 8.43. The van der Waals surface area contributed by atoms with Gasteiger partial charge >= 0.3 is 0 Å². The van der Waals surface area contributed by atoms with Crippen LogP contribution in [0.3, 0.4) is 0 Å². The van der Waals surface area contributed by atoms with Gasteiger partial charge in [0.05, 0.1) is 0 Å². The quantitative estimate of drug-likeness (QED) is 0.575. The number of nitrogens with one attached hydrogen (secondary N) is 1. The topological polar surface area (TPSA) is 12.0 Å². The maximum atomic E-state index is 3.52. The highest BCUT2D eigenvalue weighted by atomic mass is 127. The van der Waals surface area contributed by atoms with E-state index in [1.54, 1.807) is 0 Å². The van der Waals surface area contributed by atoms with Crippen molar-refractivity contribution in [2.24, 2.45) is 0 Å². The Morgan fingerprint density at radius 3 is 2.23 bits per heavy atom. The average molecular weight is 313 g/mol. The van der Waals surface area contributed by atoms with E-state index in [4.69, 9.17) is 0 Å². The van der Waals surface area contributed by atoms with Gasteiger partial charge in [-0.15, -0.1) is 0 Å². The summed E-state index contributed by atoms with van der Waals surface area (Å²) in [6.45, 7) is 2.49. The lowest BCUT2D eigenvalue weighted by atomic mass is 10.1. The first-order valence-corrected chi connectivity index (χ1v) is 9.69. The third kappa shape index (κ3) is 6.24. The molecule has 1 saturated heterocycles. The van der Waals surface area contributed by atoms with Crippen LogP contribution in [0.4, 0.5) is 0 Å². The van der Waals surface area contributed by atoms with Crippen molar-refractivity contribution < 1.29 is 0 Å². The molecule has 1 rings (SSSR count). The highest BCUT2D eigenvalue weighted by Gasteiger charge is 2.07. The fourth-order valence-electron chi connectivity index (χ4n) is 1.84. The van der Waals surface area contributed by atoms with Crippen LogP contribution in [-0.2, 0) is 0 Å². The van der Waals surface area contributed by atoms with Crippen molar-refractivity contribution in [3.05, 3.63) is 0 Å². The van der Waals surface area contributed by atoms with Crippen LogP contribution in [0.2, 0.25) is 0 Å². The summed E-state index contributed by atoms with van der Waals surface area (Å²) in [5.74, 6) is 0. The van der Waals surface area contributed by atoms with Crippen molar-refractivity contribution in [2.45, 2.75) is 50.6 Å². The van der Waals surface area contributed by atoms with Gasteiger partial charge in [-0.2, -0.15) is 0 Å². The van der Waals surface area contributed by atoms with Crippen molar-refractivity contribution in [1.29, 1.82) is 0 Å². The first-order chi connectivity index (χ1) is 6.43. The van der Waals surface area contributed by atoms with Crippen LogP contribution in [0.5, 0.6) is 0 Å². The molecule has 1 aliphatic heterocycles. The van der Waals surface area contributed by atoms with Gasteiger partial charge in [0.25, 0.3) is 0 Å². The first kappa shape index (κ1) is 12.2. The second-order valence-electron chi connectivity index (χ2n) is 3.90. The predicted molar refractivity (Wildman–Crippen MR) is 71.3 cm³/mol. The van der Waals surface area contributed by atoms with E-state index in [-0.39, 0.29) is 0 Å². The smallest absolute Gasteiger partial charge is 0.00489 e. The lowest BCUT2D eigenvalue weighted by Gasteiger charge is -2.12. The summed E-state index contributed by atoms with van der Waals surface area (Å²) in [5.41, 5.74) is 1.04. The first-order valence-electron chi connectivity index (χ1n) is 5.50. The van der Waals surface area contributed by atoms with Crippen LogP contribution in [-0.4, -0.2) is 18.7 Å². The van der Waals surface area contributed by atoms with Crippen LogP contribution >= 0.6 is 28.3 Å². The minimum absolute atomic E-state index is 1.04. The fraction of sp³-hybridized carbons (Fsp3) is 1.00. The molecule has 1 heterocycles. The Bertz CT molecular complexity index is 109. The molecule has 0 aliphatic carbocycles. The standard InChI is InChI=1S/C10H21INP/c11-13-10-6-2-1-4-8-12-9-5-3-7-10/h10,12-13H,1-9H2. The molecule has 13 heavy (non-hydrogen) atoms. The molecule has 1 fully saturated rings. The van der Waals surface area contributed by atoms with E-state index in [1.807, 2.05) is 0 Å². The molecular weight excluding hydrogens is 292 g/mol. The molecule has 0 radical (unpaired) electrons. The Labute approximate surface area is 97.1 Å². The highest BCUT2D eigenvalue weighted by molar-refractivity contribution is 14.2. The molecular formula is C10H21INP. The largest absolute Gasteiger partial charge is 0.317 e. The maximum Gasteiger partial charge on any atom is -0.00489 e. The van der Waals surface area contributed by atoms with E-state index < -0.39 is 0 Å². The molecule has 3 heteroatoms. The van der Waals surface area contributed by atoms with Crippen molar-refractivity contribution in [1.82, 2.24) is 5.32 Å². The summed E-state index contributed by atoms with van der Waals surface area (Å²) in [4.78, 5) is 0. The average Bonchev–Trinajstić information content (AvgIpc) is 2.22. The zero-order valence-corrected chi connectivity index (χ0v) is 11.5. The van der Waals surface area contributed by atoms with E-state index in [9.17, 15) is 0 Å². The molecule has 1 N–H and O–H groups in total. The molecule has 0 amide bonds. The number of halogens is 1. The Balaban J connectivity index is 2.18. The highest BCUT2D eigenvalue weighted by Crippen LogP contribution is 2.34. The number of rotatable bonds is 1. The molecule has 1 aliphatic rings. The van der Waals surface area contributed by atoms with Crippen LogP contribution in [0.1, 0.15) is 44.9 Å². The summed E-state index contributed by atoms with van der Waals surface area (Å²) in [6.07, 6.45) is 11.2. The fourth-order valence-corrected chi connectivity index (χ4v) is 4.33. The van der Waals surface area contributed by atoms with Gasteiger partial charge in [0.2, 0.25) is 0 Å². The van der Waals surface area contributed by atoms with Gasteiger partial charge in [0.15, 0.2) is 0 Å². The summed E-state index contributed by atoms with van der Waals surface area (Å²) in [7, 11) is 0. The van der Waals surface area contributed by atoms with Gasteiger partial charge in [-0.1, -0.05) is 47.5 Å². The van der Waals surface area contributed by atoms with Gasteiger partial charge < -0.3 is 5.32 Å². The molecule has 0 aromatic carbocycles. The van der Waals surface area contributed by atoms with Crippen molar-refractivity contribution >= 4 is 28.3 Å². The minimum Gasteiger partial charge on any atom is -0.317 e. The SMILES string of the molecule is IPC1CCCCCNCCCC1. The van der Waals surface area contributed by atoms with Crippen molar-refractivity contribution in [3.8, 4) is 0 Å². The summed E-state index contributed by atoms with van der Waals surface area (Å²) >= 11 is 2.58. The van der Waals surface area contributed by atoms with E-state index >= 15 is 0 Å². The van der Waals surface area contributed by atoms with Gasteiger partial charge in [0.1, 0.15) is 0 Å². The Hall–Kier alpha value is 1.12. The van der Waals surface area contributed by atoms with Gasteiger partial charge in [0, 0.05) is 0 Å². The molecule has 0 spiro atoms. The summed E-state index contributed by atoms with van der Waals surface area (Å²) < 4.78 is 0. The van der Waals surface area contributed by atoms with Gasteiger partial charge in [-0.25, -0.2) is 0 Å². The van der Waals surface area contributed by atoms with Crippen LogP contribution in [0, 0.1) is 0 Å². The Morgan fingerprint density at radius 1 is 0.923 bits per heavy atom. The number of hydrogen-bond acceptors (Lipinski definition) is 1. The van der Waals surface area contributed by atoms with E-state index in [0.29, 0.717) is 0 Å². The molecule has 0 aromatic heterocycles. The molecule has 0 bridgehead atoms. The van der Waals surface area contributed by atoms with Crippen LogP contribution in [0.15, 0.2) is 0 Å². The van der Waals surface area contributed by atoms with E-state index in [0.717, 1.165) is 11.9 Å². The summed E-state index contributed by atoms with van der Waals surface area (Å²) in [5, 5.41) is 3.52. The number of hydrogen-bond donors (Lipinski definition) is 1. The van der Waals surface area contributed by atoms with E-state index in [1.165, 1.54) is 58.0 Å². The molecule has 0 aromatic rings. The normalized spacial score (nSPS) is 28.8. The molecule has 2 atom stereocenters. The maximum absolute atomic E-state index is 3.52. The molecule has 78 valence electrons. The molecule has 0 saturated carbocycles. The summed E-state index contributed by atoms with van der Waals surface area (Å²) in [6, 6.07) is 0. The van der Waals surface area contributed by atoms with Gasteiger partial charge in [-0.3, -0.25) is 0 Å². The van der Waals surface area contributed by atoms with Crippen LogP contribution in [0.25, 0.3) is 0 Å². The van der Waals surface area contributed by atoms with Crippen LogP contribution < -0.4 is 5.32 Å². The Kier molecular flexibility index (Phi) is 7.91. The lowest BCUT2D eigenvalue weighted by Crippen LogP contribution is -2.16. The van der Waals surface area contributed by atoms with Gasteiger partial charge in [-0.05, 0) is 44.4 Å². The third-order valence-electron chi connectivity index (χ3n) is 2.72. The second-order valence-corrected chi connectivity index (χ2v) is 6.80. The minimum atomic E-state index is 1.04. The Morgan fingerprint density at radius 2 is 1.54 bits per heavy atom. The zero-order valence-electron chi connectivity index (χ0n) is 8.32. The third-order valence-corrected chi connectivity index (χ3v) is 6.24. The van der Waals surface area contributed by atoms with Crippen molar-refractivity contribution in [3.63, 3.8) is 0 Å². The van der Waals surface area contributed by atoms with E-state index in [2.05, 4.69) is 27.4 Å². The lowest BCUT2D eigenvalue weighted by molar-refractivity contribution is 0.595. The predicted octanol–water partition coefficient (Wildman–Crippen LogP) is 3.72. The molecule has 1 nitrogen and oxygen atoms in total.